The van der Waals surface area contributed by atoms with Crippen LogP contribution in [0, 0.1) is 0 Å². The molecule has 0 saturated heterocycles. The third-order valence-electron chi connectivity index (χ3n) is 2.94. The minimum Gasteiger partial charge on any atom is -0.301 e. The first-order chi connectivity index (χ1) is 9.45. The number of nitrogens with zero attached hydrogens (tertiary/aromatic N) is 2. The molecule has 0 fully saturated rings. The van der Waals surface area contributed by atoms with Crippen LogP contribution in [0.2, 0.25) is 0 Å². The first kappa shape index (κ1) is 13.2. The van der Waals surface area contributed by atoms with Gasteiger partial charge in [-0.15, -0.1) is 0 Å². The number of hydrogen-bond donors (Lipinski definition) is 0. The molecule has 2 heterocycles. The number of aromatic nitrogens is 2. The van der Waals surface area contributed by atoms with Crippen molar-refractivity contribution in [3.63, 3.8) is 0 Å². The van der Waals surface area contributed by atoms with E-state index in [0.717, 1.165) is 22.0 Å². The van der Waals surface area contributed by atoms with E-state index in [1.165, 1.54) is 6.07 Å². The van der Waals surface area contributed by atoms with E-state index in [2.05, 4.69) is 20.9 Å². The van der Waals surface area contributed by atoms with Gasteiger partial charge in [0, 0.05) is 27.9 Å². The minimum absolute atomic E-state index is 0.435. The molecule has 0 aliphatic rings. The largest absolute Gasteiger partial charge is 0.416 e. The summed E-state index contributed by atoms with van der Waals surface area (Å²) in [6.07, 6.45) is -1.03. The Morgan fingerprint density at radius 1 is 1.10 bits per heavy atom. The van der Waals surface area contributed by atoms with Crippen LogP contribution < -0.4 is 0 Å². The topological polar surface area (TPSA) is 17.8 Å². The third-order valence-corrected chi connectivity index (χ3v) is 3.38. The van der Waals surface area contributed by atoms with Gasteiger partial charge in [0.1, 0.15) is 5.65 Å². The molecule has 6 heteroatoms. The SMILES string of the molecule is FC(F)(F)c1cccc(-n2ccc3cc(Br)cnc32)c1. The number of hydrogen-bond acceptors (Lipinski definition) is 1. The fourth-order valence-electron chi connectivity index (χ4n) is 2.04. The molecule has 3 aromatic rings. The van der Waals surface area contributed by atoms with E-state index in [1.807, 2.05) is 12.1 Å². The first-order valence-electron chi connectivity index (χ1n) is 5.75. The predicted octanol–water partition coefficient (Wildman–Crippen LogP) is 4.81. The first-order valence-corrected chi connectivity index (χ1v) is 6.55. The molecule has 1 aromatic carbocycles. The fraction of sp³-hybridized carbons (Fsp3) is 0.0714. The van der Waals surface area contributed by atoms with E-state index in [9.17, 15) is 13.2 Å². The maximum atomic E-state index is 12.7. The third kappa shape index (κ3) is 2.31. The van der Waals surface area contributed by atoms with E-state index in [4.69, 9.17) is 0 Å². The number of pyridine rings is 1. The summed E-state index contributed by atoms with van der Waals surface area (Å²) in [6.45, 7) is 0. The Hall–Kier alpha value is -1.82. The Morgan fingerprint density at radius 3 is 2.65 bits per heavy atom. The van der Waals surface area contributed by atoms with Gasteiger partial charge in [0.2, 0.25) is 0 Å². The summed E-state index contributed by atoms with van der Waals surface area (Å²) < 4.78 is 40.7. The molecular formula is C14H8BrF3N2. The fourth-order valence-corrected chi connectivity index (χ4v) is 2.39. The van der Waals surface area contributed by atoms with E-state index in [-0.39, 0.29) is 0 Å². The minimum atomic E-state index is -4.35. The Kier molecular flexibility index (Phi) is 3.05. The van der Waals surface area contributed by atoms with Crippen molar-refractivity contribution in [3.05, 3.63) is 58.8 Å². The summed E-state index contributed by atoms with van der Waals surface area (Å²) in [6, 6.07) is 8.86. The zero-order valence-corrected chi connectivity index (χ0v) is 11.6. The van der Waals surface area contributed by atoms with Crippen molar-refractivity contribution in [1.29, 1.82) is 0 Å². The highest BCUT2D eigenvalue weighted by Crippen LogP contribution is 2.31. The van der Waals surface area contributed by atoms with Gasteiger partial charge in [0.25, 0.3) is 0 Å². The normalized spacial score (nSPS) is 12.0. The lowest BCUT2D eigenvalue weighted by Gasteiger charge is -2.10. The summed E-state index contributed by atoms with van der Waals surface area (Å²) in [5, 5.41) is 0.858. The summed E-state index contributed by atoms with van der Waals surface area (Å²) in [4.78, 5) is 4.24. The van der Waals surface area contributed by atoms with Gasteiger partial charge < -0.3 is 4.57 Å². The molecule has 0 amide bonds. The van der Waals surface area contributed by atoms with Crippen LogP contribution in [-0.2, 0) is 6.18 Å². The summed E-state index contributed by atoms with van der Waals surface area (Å²) in [5.74, 6) is 0. The molecule has 0 unspecified atom stereocenters. The van der Waals surface area contributed by atoms with Crippen LogP contribution in [0.25, 0.3) is 16.7 Å². The molecule has 3 rings (SSSR count). The Balaban J connectivity index is 2.16. The highest BCUT2D eigenvalue weighted by atomic mass is 79.9. The van der Waals surface area contributed by atoms with Crippen LogP contribution in [0.3, 0.4) is 0 Å². The monoisotopic (exact) mass is 340 g/mol. The van der Waals surface area contributed by atoms with Crippen LogP contribution >= 0.6 is 15.9 Å². The lowest BCUT2D eigenvalue weighted by atomic mass is 10.2. The van der Waals surface area contributed by atoms with Crippen molar-refractivity contribution in [2.24, 2.45) is 0 Å². The average molecular weight is 341 g/mol. The molecule has 0 saturated carbocycles. The Labute approximate surface area is 121 Å². The summed E-state index contributed by atoms with van der Waals surface area (Å²) >= 11 is 3.32. The molecular weight excluding hydrogens is 333 g/mol. The van der Waals surface area contributed by atoms with Gasteiger partial charge in [0.15, 0.2) is 0 Å². The van der Waals surface area contributed by atoms with Crippen LogP contribution in [0.15, 0.2) is 53.3 Å². The second kappa shape index (κ2) is 4.63. The molecule has 0 N–H and O–H groups in total. The van der Waals surface area contributed by atoms with Gasteiger partial charge in [0.05, 0.1) is 5.56 Å². The van der Waals surface area contributed by atoms with Crippen molar-refractivity contribution in [2.75, 3.05) is 0 Å². The van der Waals surface area contributed by atoms with Crippen LogP contribution in [0.5, 0.6) is 0 Å². The van der Waals surface area contributed by atoms with Crippen molar-refractivity contribution in [2.45, 2.75) is 6.18 Å². The lowest BCUT2D eigenvalue weighted by molar-refractivity contribution is -0.137. The van der Waals surface area contributed by atoms with Crippen molar-refractivity contribution in [3.8, 4) is 5.69 Å². The second-order valence-corrected chi connectivity index (χ2v) is 5.22. The molecule has 0 atom stereocenters. The molecule has 102 valence electrons. The number of halogens is 4. The highest BCUT2D eigenvalue weighted by molar-refractivity contribution is 9.10. The number of fused-ring (bicyclic) bond motifs is 1. The molecule has 0 aliphatic heterocycles. The Morgan fingerprint density at radius 2 is 1.90 bits per heavy atom. The van der Waals surface area contributed by atoms with E-state index in [0.29, 0.717) is 11.3 Å². The summed E-state index contributed by atoms with van der Waals surface area (Å²) in [7, 11) is 0. The van der Waals surface area contributed by atoms with E-state index in [1.54, 1.807) is 23.0 Å². The van der Waals surface area contributed by atoms with Crippen molar-refractivity contribution >= 4 is 27.0 Å². The molecule has 20 heavy (non-hydrogen) atoms. The van der Waals surface area contributed by atoms with Gasteiger partial charge >= 0.3 is 6.18 Å². The average Bonchev–Trinajstić information content (AvgIpc) is 2.80. The van der Waals surface area contributed by atoms with Gasteiger partial charge in [-0.3, -0.25) is 0 Å². The Bertz CT molecular complexity index is 777. The van der Waals surface area contributed by atoms with Crippen LogP contribution in [0.1, 0.15) is 5.56 Å². The van der Waals surface area contributed by atoms with Crippen molar-refractivity contribution in [1.82, 2.24) is 9.55 Å². The molecule has 0 radical (unpaired) electrons. The zero-order chi connectivity index (χ0) is 14.3. The zero-order valence-electron chi connectivity index (χ0n) is 10.0. The quantitative estimate of drug-likeness (QED) is 0.621. The maximum absolute atomic E-state index is 12.7. The predicted molar refractivity (Wildman–Crippen MR) is 73.8 cm³/mol. The van der Waals surface area contributed by atoms with Gasteiger partial charge in [-0.25, -0.2) is 4.98 Å². The maximum Gasteiger partial charge on any atom is 0.416 e. The lowest BCUT2D eigenvalue weighted by Crippen LogP contribution is -2.06. The number of rotatable bonds is 1. The second-order valence-electron chi connectivity index (χ2n) is 4.30. The molecule has 0 aliphatic carbocycles. The van der Waals surface area contributed by atoms with E-state index >= 15 is 0 Å². The van der Waals surface area contributed by atoms with Gasteiger partial charge in [-0.1, -0.05) is 6.07 Å². The number of alkyl halides is 3. The molecule has 2 nitrogen and oxygen atoms in total. The smallest absolute Gasteiger partial charge is 0.301 e. The van der Waals surface area contributed by atoms with E-state index < -0.39 is 11.7 Å². The van der Waals surface area contributed by atoms with Gasteiger partial charge in [-0.2, -0.15) is 13.2 Å². The van der Waals surface area contributed by atoms with Crippen LogP contribution in [0.4, 0.5) is 13.2 Å². The number of benzene rings is 1. The molecule has 0 bridgehead atoms. The highest BCUT2D eigenvalue weighted by Gasteiger charge is 2.30. The van der Waals surface area contributed by atoms with Crippen LogP contribution in [-0.4, -0.2) is 9.55 Å². The summed E-state index contributed by atoms with van der Waals surface area (Å²) in [5.41, 5.74) is 0.381. The van der Waals surface area contributed by atoms with Gasteiger partial charge in [-0.05, 0) is 46.3 Å². The molecule has 2 aromatic heterocycles. The van der Waals surface area contributed by atoms with Crippen molar-refractivity contribution < 1.29 is 13.2 Å². The standard InChI is InChI=1S/C14H8BrF3N2/c15-11-6-9-4-5-20(13(9)19-8-11)12-3-1-2-10(7-12)14(16,17)18/h1-8H. The molecule has 0 spiro atoms.